The van der Waals surface area contributed by atoms with Crippen LogP contribution in [0.25, 0.3) is 0 Å². The van der Waals surface area contributed by atoms with Crippen LogP contribution < -0.4 is 0 Å². The number of allylic oxidation sites excluding steroid dienone is 1. The molecule has 1 aromatic carbocycles. The summed E-state index contributed by atoms with van der Waals surface area (Å²) in [6.07, 6.45) is 2.70. The molecule has 2 aliphatic carbocycles. The molecule has 1 saturated carbocycles. The zero-order valence-electron chi connectivity index (χ0n) is 14.2. The maximum Gasteiger partial charge on any atom is 0.321 e. The molecular formula is C20H22O3. The van der Waals surface area contributed by atoms with Gasteiger partial charge < -0.3 is 4.74 Å². The number of carbonyl (C=O) groups is 2. The van der Waals surface area contributed by atoms with Gasteiger partial charge in [0.25, 0.3) is 0 Å². The molecule has 0 saturated heterocycles. The third-order valence-electron chi connectivity index (χ3n) is 6.09. The highest BCUT2D eigenvalue weighted by molar-refractivity contribution is 6.14. The standard InChI is InChI=1S/C20H22O3/c1-11(2)12-6-7-14-13(10-12)15(21)16-17-19(14,3)8-5-9-20(17,4)18(22)23-16/h6-7,10-11H,5,8-9H2,1-4H3/t19-,20-/m1/s1. The van der Waals surface area contributed by atoms with Gasteiger partial charge >= 0.3 is 5.97 Å². The van der Waals surface area contributed by atoms with E-state index >= 15 is 0 Å². The van der Waals surface area contributed by atoms with Crippen LogP contribution >= 0.6 is 0 Å². The number of benzene rings is 1. The predicted octanol–water partition coefficient (Wildman–Crippen LogP) is 4.27. The highest BCUT2D eigenvalue weighted by Crippen LogP contribution is 2.60. The fourth-order valence-corrected chi connectivity index (χ4v) is 4.76. The van der Waals surface area contributed by atoms with Gasteiger partial charge in [-0.25, -0.2) is 0 Å². The molecule has 0 radical (unpaired) electrons. The SMILES string of the molecule is CC(C)c1ccc2c(c1)C(=O)C1=C3[C@@](C)(CCC[C@@]32C)C(=O)O1. The number of hydrogen-bond donors (Lipinski definition) is 0. The van der Waals surface area contributed by atoms with Gasteiger partial charge in [-0.05, 0) is 42.9 Å². The average molecular weight is 310 g/mol. The van der Waals surface area contributed by atoms with Crippen LogP contribution in [0.1, 0.15) is 74.4 Å². The van der Waals surface area contributed by atoms with Crippen LogP contribution in [-0.2, 0) is 14.9 Å². The van der Waals surface area contributed by atoms with E-state index in [1.165, 1.54) is 0 Å². The summed E-state index contributed by atoms with van der Waals surface area (Å²) < 4.78 is 5.51. The minimum absolute atomic E-state index is 0.117. The Balaban J connectivity index is 1.99. The van der Waals surface area contributed by atoms with Gasteiger partial charge in [-0.3, -0.25) is 9.59 Å². The van der Waals surface area contributed by atoms with Crippen molar-refractivity contribution in [2.24, 2.45) is 5.41 Å². The second-order valence-corrected chi connectivity index (χ2v) is 7.90. The first-order chi connectivity index (χ1) is 10.8. The first-order valence-electron chi connectivity index (χ1n) is 8.46. The van der Waals surface area contributed by atoms with Crippen molar-refractivity contribution in [1.29, 1.82) is 0 Å². The second kappa shape index (κ2) is 4.34. The third kappa shape index (κ3) is 1.65. The summed E-state index contributed by atoms with van der Waals surface area (Å²) in [6, 6.07) is 6.22. The Morgan fingerprint density at radius 3 is 2.48 bits per heavy atom. The van der Waals surface area contributed by atoms with Crippen molar-refractivity contribution in [3.05, 3.63) is 46.2 Å². The molecule has 2 atom stereocenters. The maximum atomic E-state index is 13.0. The van der Waals surface area contributed by atoms with Crippen LogP contribution in [0.4, 0.5) is 0 Å². The second-order valence-electron chi connectivity index (χ2n) is 7.90. The molecule has 23 heavy (non-hydrogen) atoms. The molecule has 0 bridgehead atoms. The molecule has 0 N–H and O–H groups in total. The molecule has 3 nitrogen and oxygen atoms in total. The van der Waals surface area contributed by atoms with Gasteiger partial charge in [0, 0.05) is 16.6 Å². The normalized spacial score (nSPS) is 32.0. The molecule has 0 amide bonds. The van der Waals surface area contributed by atoms with Crippen molar-refractivity contribution < 1.29 is 14.3 Å². The summed E-state index contributed by atoms with van der Waals surface area (Å²) in [5.74, 6) is 0.305. The molecule has 0 spiro atoms. The van der Waals surface area contributed by atoms with Gasteiger partial charge in [0.15, 0.2) is 5.76 Å². The monoisotopic (exact) mass is 310 g/mol. The van der Waals surface area contributed by atoms with Crippen molar-refractivity contribution in [3.8, 4) is 0 Å². The minimum Gasteiger partial charge on any atom is -0.422 e. The summed E-state index contributed by atoms with van der Waals surface area (Å²) >= 11 is 0. The molecule has 0 unspecified atom stereocenters. The molecule has 0 aromatic heterocycles. The van der Waals surface area contributed by atoms with Crippen molar-refractivity contribution in [1.82, 2.24) is 0 Å². The van der Waals surface area contributed by atoms with E-state index in [4.69, 9.17) is 4.74 Å². The van der Waals surface area contributed by atoms with Gasteiger partial charge in [0.05, 0.1) is 5.41 Å². The van der Waals surface area contributed by atoms with Crippen LogP contribution in [-0.4, -0.2) is 11.8 Å². The maximum absolute atomic E-state index is 13.0. The number of esters is 1. The van der Waals surface area contributed by atoms with Gasteiger partial charge in [0.1, 0.15) is 0 Å². The Hall–Kier alpha value is -1.90. The van der Waals surface area contributed by atoms with E-state index in [2.05, 4.69) is 32.9 Å². The van der Waals surface area contributed by atoms with Crippen LogP contribution in [0.3, 0.4) is 0 Å². The topological polar surface area (TPSA) is 43.4 Å². The van der Waals surface area contributed by atoms with Crippen molar-refractivity contribution in [2.45, 2.75) is 58.3 Å². The smallest absolute Gasteiger partial charge is 0.321 e. The molecule has 1 fully saturated rings. The summed E-state index contributed by atoms with van der Waals surface area (Å²) in [7, 11) is 0. The lowest BCUT2D eigenvalue weighted by atomic mass is 9.55. The number of carbonyl (C=O) groups excluding carboxylic acids is 2. The highest BCUT2D eigenvalue weighted by Gasteiger charge is 2.60. The fraction of sp³-hybridized carbons (Fsp3) is 0.500. The van der Waals surface area contributed by atoms with Gasteiger partial charge in [-0.15, -0.1) is 0 Å². The zero-order valence-corrected chi connectivity index (χ0v) is 14.2. The molecule has 120 valence electrons. The predicted molar refractivity (Wildman–Crippen MR) is 87.3 cm³/mol. The molecule has 1 aromatic rings. The summed E-state index contributed by atoms with van der Waals surface area (Å²) in [6.45, 7) is 8.35. The molecule has 3 heteroatoms. The Kier molecular flexibility index (Phi) is 2.77. The summed E-state index contributed by atoms with van der Waals surface area (Å²) in [4.78, 5) is 25.5. The van der Waals surface area contributed by atoms with Crippen molar-refractivity contribution >= 4 is 11.8 Å². The van der Waals surface area contributed by atoms with Crippen molar-refractivity contribution in [3.63, 3.8) is 0 Å². The Morgan fingerprint density at radius 1 is 1.09 bits per heavy atom. The Bertz CT molecular complexity index is 786. The largest absolute Gasteiger partial charge is 0.422 e. The van der Waals surface area contributed by atoms with E-state index in [1.54, 1.807) is 0 Å². The van der Waals surface area contributed by atoms with E-state index in [-0.39, 0.29) is 17.2 Å². The molecule has 1 heterocycles. The van der Waals surface area contributed by atoms with Crippen LogP contribution in [0, 0.1) is 5.41 Å². The summed E-state index contributed by atoms with van der Waals surface area (Å²) in [5, 5.41) is 0. The van der Waals surface area contributed by atoms with E-state index in [0.29, 0.717) is 11.7 Å². The number of hydrogen-bond acceptors (Lipinski definition) is 3. The number of fused-ring (bicyclic) bond motifs is 2. The van der Waals surface area contributed by atoms with Gasteiger partial charge in [-0.1, -0.05) is 39.3 Å². The fourth-order valence-electron chi connectivity index (χ4n) is 4.76. The van der Waals surface area contributed by atoms with E-state index in [9.17, 15) is 9.59 Å². The van der Waals surface area contributed by atoms with E-state index in [1.807, 2.05) is 13.0 Å². The lowest BCUT2D eigenvalue weighted by Gasteiger charge is -2.45. The van der Waals surface area contributed by atoms with Gasteiger partial charge in [-0.2, -0.15) is 0 Å². The summed E-state index contributed by atoms with van der Waals surface area (Å²) in [5.41, 5.74) is 2.95. The number of ketones is 1. The highest BCUT2D eigenvalue weighted by atomic mass is 16.5. The van der Waals surface area contributed by atoms with E-state index in [0.717, 1.165) is 41.5 Å². The number of rotatable bonds is 1. The van der Waals surface area contributed by atoms with Gasteiger partial charge in [0.2, 0.25) is 5.78 Å². The molecular weight excluding hydrogens is 288 g/mol. The molecule has 4 rings (SSSR count). The first-order valence-corrected chi connectivity index (χ1v) is 8.46. The van der Waals surface area contributed by atoms with Crippen LogP contribution in [0.5, 0.6) is 0 Å². The average Bonchev–Trinajstić information content (AvgIpc) is 2.78. The Morgan fingerprint density at radius 2 is 1.78 bits per heavy atom. The number of Topliss-reactive ketones (excluding diaryl/α,β-unsaturated/α-hetero) is 1. The first kappa shape index (κ1) is 14.7. The minimum atomic E-state index is -0.633. The lowest BCUT2D eigenvalue weighted by Crippen LogP contribution is -2.43. The lowest BCUT2D eigenvalue weighted by molar-refractivity contribution is -0.145. The van der Waals surface area contributed by atoms with Crippen LogP contribution in [0.2, 0.25) is 0 Å². The third-order valence-corrected chi connectivity index (χ3v) is 6.09. The Labute approximate surface area is 136 Å². The van der Waals surface area contributed by atoms with E-state index < -0.39 is 5.41 Å². The van der Waals surface area contributed by atoms with Crippen LogP contribution in [0.15, 0.2) is 29.5 Å². The molecule has 1 aliphatic heterocycles. The van der Waals surface area contributed by atoms with Crippen molar-refractivity contribution in [2.75, 3.05) is 0 Å². The zero-order chi connectivity index (χ0) is 16.6. The number of ether oxygens (including phenoxy) is 1. The molecule has 3 aliphatic rings. The quantitative estimate of drug-likeness (QED) is 0.728.